The van der Waals surface area contributed by atoms with E-state index in [-0.39, 0.29) is 41.6 Å². The van der Waals surface area contributed by atoms with Crippen LogP contribution in [0.15, 0.2) is 172 Å². The lowest BCUT2D eigenvalue weighted by Gasteiger charge is -2.24. The second-order valence-corrected chi connectivity index (χ2v) is 29.2. The number of fused-ring (bicyclic) bond motifs is 3. The molecule has 13 rings (SSSR count). The molecule has 0 fully saturated rings. The first kappa shape index (κ1) is 90.4. The number of aromatic nitrogens is 14. The van der Waals surface area contributed by atoms with Gasteiger partial charge >= 0.3 is 0 Å². The predicted molar refractivity (Wildman–Crippen MR) is 473 cm³/mol. The number of aryl methyl sites for hydroxylation is 6. The van der Waals surface area contributed by atoms with E-state index in [2.05, 4.69) is 84.7 Å². The second-order valence-electron chi connectivity index (χ2n) is 29.2. The molecule has 3 amide bonds. The number of hydroxylamine groups is 3. The van der Waals surface area contributed by atoms with E-state index in [0.717, 1.165) is 12.8 Å². The molecule has 0 radical (unpaired) electrons. The highest BCUT2D eigenvalue weighted by atomic mass is 16.5. The lowest BCUT2D eigenvalue weighted by atomic mass is 10.1. The highest BCUT2D eigenvalue weighted by molar-refractivity contribution is 5.93. The summed E-state index contributed by atoms with van der Waals surface area (Å²) in [6, 6.07) is 49.7. The molecule has 7 aromatic heterocycles. The fourth-order valence-electron chi connectivity index (χ4n) is 14.4. The van der Waals surface area contributed by atoms with E-state index in [9.17, 15) is 44.6 Å². The molecule has 0 bridgehead atoms. The maximum atomic E-state index is 14.4. The van der Waals surface area contributed by atoms with Gasteiger partial charge in [0, 0.05) is 63.3 Å². The van der Waals surface area contributed by atoms with Gasteiger partial charge in [0.2, 0.25) is 17.8 Å². The van der Waals surface area contributed by atoms with Crippen molar-refractivity contribution in [3.05, 3.63) is 269 Å². The molecule has 35 nitrogen and oxygen atoms in total. The Kier molecular flexibility index (Phi) is 30.9. The Labute approximate surface area is 719 Å². The third-order valence-corrected chi connectivity index (χ3v) is 20.5. The van der Waals surface area contributed by atoms with Crippen LogP contribution in [0.3, 0.4) is 0 Å². The molecule has 35 heteroatoms. The van der Waals surface area contributed by atoms with E-state index < -0.39 is 35.8 Å². The lowest BCUT2D eigenvalue weighted by molar-refractivity contribution is -0.129. The van der Waals surface area contributed by atoms with E-state index >= 15 is 0 Å². The van der Waals surface area contributed by atoms with Crippen LogP contribution < -0.4 is 64.6 Å². The van der Waals surface area contributed by atoms with Crippen molar-refractivity contribution in [2.45, 2.75) is 151 Å². The molecule has 7 heterocycles. The molecule has 0 saturated carbocycles. The van der Waals surface area contributed by atoms with Gasteiger partial charge in [0.1, 0.15) is 87.3 Å². The number of carbonyl (C=O) groups excluding carboxylic acids is 3. The van der Waals surface area contributed by atoms with Gasteiger partial charge in [0.15, 0.2) is 0 Å². The number of para-hydroxylation sites is 3. The van der Waals surface area contributed by atoms with Gasteiger partial charge in [-0.1, -0.05) is 106 Å². The third kappa shape index (κ3) is 21.5. The lowest BCUT2D eigenvalue weighted by Crippen LogP contribution is -2.30. The Balaban J connectivity index is 0.000000183. The molecule has 125 heavy (non-hydrogen) atoms. The average Bonchev–Trinajstić information content (AvgIpc) is 0.762. The fourth-order valence-corrected chi connectivity index (χ4v) is 14.4. The van der Waals surface area contributed by atoms with Gasteiger partial charge in [0.05, 0.1) is 90.5 Å². The summed E-state index contributed by atoms with van der Waals surface area (Å²) in [5.74, 6) is 3.05. The largest absolute Gasteiger partial charge is 0.384 e. The molecule has 0 saturated heterocycles. The van der Waals surface area contributed by atoms with Crippen molar-refractivity contribution in [2.24, 2.45) is 0 Å². The Morgan fingerprint density at radius 3 is 1.12 bits per heavy atom. The highest BCUT2D eigenvalue weighted by Crippen LogP contribution is 2.33. The average molecular weight is 1690 g/mol. The van der Waals surface area contributed by atoms with Crippen LogP contribution in [0.4, 0.5) is 34.8 Å². The first-order valence-corrected chi connectivity index (χ1v) is 40.7. The van der Waals surface area contributed by atoms with E-state index in [1.54, 1.807) is 95.8 Å². The summed E-state index contributed by atoms with van der Waals surface area (Å²) in [5.41, 5.74) is 12.6. The zero-order chi connectivity index (χ0) is 89.4. The van der Waals surface area contributed by atoms with Crippen LogP contribution in [0.25, 0.3) is 49.8 Å². The van der Waals surface area contributed by atoms with Gasteiger partial charge in [0.25, 0.3) is 22.6 Å². The van der Waals surface area contributed by atoms with Crippen molar-refractivity contribution in [3.63, 3.8) is 0 Å². The second kappa shape index (κ2) is 42.7. The maximum Gasteiger partial charge on any atom is 0.277 e. The highest BCUT2D eigenvalue weighted by Gasteiger charge is 2.29. The van der Waals surface area contributed by atoms with Crippen LogP contribution in [0.5, 0.6) is 0 Å². The summed E-state index contributed by atoms with van der Waals surface area (Å²) in [4.78, 5) is 129. The molecule has 6 aromatic carbocycles. The van der Waals surface area contributed by atoms with Crippen molar-refractivity contribution >= 4 is 85.2 Å². The molecule has 0 spiro atoms. The molecule has 0 aliphatic rings. The first-order valence-electron chi connectivity index (χ1n) is 40.7. The number of benzene rings is 6. The zero-order valence-electron chi connectivity index (χ0n) is 70.8. The third-order valence-electron chi connectivity index (χ3n) is 20.5. The molecular formula is C90H96N26O9. The van der Waals surface area contributed by atoms with Gasteiger partial charge in [-0.25, -0.2) is 71.3 Å². The molecule has 13 aromatic rings. The number of amides is 3. The van der Waals surface area contributed by atoms with Gasteiger partial charge in [-0.15, -0.1) is 0 Å². The molecular weight excluding hydrogens is 1590 g/mol. The van der Waals surface area contributed by atoms with E-state index in [1.807, 2.05) is 154 Å². The summed E-state index contributed by atoms with van der Waals surface area (Å²) < 4.78 is 4.82. The molecule has 11 N–H and O–H groups in total. The van der Waals surface area contributed by atoms with Gasteiger partial charge in [-0.2, -0.15) is 15.8 Å². The van der Waals surface area contributed by atoms with Crippen molar-refractivity contribution in [1.29, 1.82) is 15.8 Å². The number of anilines is 6. The van der Waals surface area contributed by atoms with Crippen LogP contribution >= 0.6 is 0 Å². The number of carbonyl (C=O) groups is 3. The Morgan fingerprint density at radius 2 is 0.768 bits per heavy atom. The van der Waals surface area contributed by atoms with Crippen LogP contribution in [0.1, 0.15) is 188 Å². The molecule has 640 valence electrons. The minimum Gasteiger partial charge on any atom is -0.384 e. The summed E-state index contributed by atoms with van der Waals surface area (Å²) in [5, 5.41) is 73.6. The maximum absolute atomic E-state index is 14.4. The van der Waals surface area contributed by atoms with Crippen LogP contribution in [0.2, 0.25) is 0 Å². The van der Waals surface area contributed by atoms with Crippen molar-refractivity contribution in [1.82, 2.24) is 85.0 Å². The minimum absolute atomic E-state index is 0.102. The number of unbranched alkanes of at least 4 members (excludes halogenated alkanes) is 3. The monoisotopic (exact) mass is 1680 g/mol. The molecule has 3 atom stereocenters. The summed E-state index contributed by atoms with van der Waals surface area (Å²) >= 11 is 0. The Hall–Kier alpha value is -15.4. The van der Waals surface area contributed by atoms with E-state index in [0.29, 0.717) is 210 Å². The first-order chi connectivity index (χ1) is 60.5. The Bertz CT molecular complexity index is 6400. The fraction of sp³-hybridized carbons (Fsp3) is 0.289. The van der Waals surface area contributed by atoms with E-state index in [4.69, 9.17) is 30.6 Å². The van der Waals surface area contributed by atoms with Crippen molar-refractivity contribution in [2.75, 3.05) is 51.6 Å². The van der Waals surface area contributed by atoms with Gasteiger partial charge in [-0.05, 0) is 159 Å². The van der Waals surface area contributed by atoms with Crippen LogP contribution in [0, 0.1) is 75.5 Å². The van der Waals surface area contributed by atoms with Crippen LogP contribution in [-0.2, 0) is 16.1 Å². The Morgan fingerprint density at radius 1 is 0.424 bits per heavy atom. The van der Waals surface area contributed by atoms with Gasteiger partial charge in [-0.3, -0.25) is 58.1 Å². The van der Waals surface area contributed by atoms with Gasteiger partial charge < -0.3 is 31.5 Å². The molecule has 0 aliphatic heterocycles. The molecule has 0 aliphatic carbocycles. The number of rotatable bonds is 32. The normalized spacial score (nSPS) is 11.6. The van der Waals surface area contributed by atoms with E-state index in [1.165, 1.54) is 12.4 Å². The quantitative estimate of drug-likeness (QED) is 0.0106. The number of hydrogen-bond acceptors (Lipinski definition) is 29. The summed E-state index contributed by atoms with van der Waals surface area (Å²) in [7, 11) is 1.77. The number of nitrogens with one attached hydrogen (secondary N) is 8. The minimum atomic E-state index is -0.717. The standard InChI is InChI=1S/C31H30N10O3.C30H34N8O3.C29H32N8O3/c1-5-24(37-27-23(14-32)18(2)35-19(3)36-27)28-38-25-13-9-10-20(26(25)30(43)41(28)22-11-7-6-8-12-22)17-40(4)31-33-15-21(16-34-31)29(42)39-44;1-4-23(35-28-22(18-31)19(2)33-20(3)34-28)29-36-25-15-11-14-24(32-17-10-6-9-16-26(39)37-41)27(25)30(40)38(29)21-12-7-5-8-13-21;1-4-22(34-27-21(17-30)18(2)32-19(3)33-27)28-35-24-14-10-13-23(31-16-9-8-15-25(38)36-40)26(24)29(39)37(28)20-11-6-5-7-12-20/h6-13,15-16,24,44H,5,17H2,1-4H3,(H,39,42)(H,35,36,37);5,7-8,11-15,23,32,41H,4,6,9-10,16-17H2,1-3H3,(H,37,39)(H,33,34,35);5-7,10-14,22,31,40H,4,8-9,15-16H2,1-3H3,(H,36,38)(H,32,33,34)/t24-;23-;22-/m000/s1. The summed E-state index contributed by atoms with van der Waals surface area (Å²) in [6.07, 6.45) is 8.25. The SMILES string of the molecule is CC[C@H](Nc1nc(C)nc(C)c1C#N)c1nc2cccc(CN(C)c3ncc(C(=O)NO)cn3)c2c(=O)n1-c1ccccc1.CC[C@H](Nc1nc(C)nc(C)c1C#N)c1nc2cccc(NCCCCC(=O)NO)c2c(=O)n1-c1ccccc1.CC[C@H](Nc1nc(C)nc(C)c1C#N)c1nc2cccc(NCCCCCC(=O)NO)c2c(=O)n1-c1ccccc1. The van der Waals surface area contributed by atoms with Crippen molar-refractivity contribution in [3.8, 4) is 35.3 Å². The zero-order valence-corrected chi connectivity index (χ0v) is 70.8. The smallest absolute Gasteiger partial charge is 0.277 e. The molecule has 0 unspecified atom stereocenters. The summed E-state index contributed by atoms with van der Waals surface area (Å²) in [6.45, 7) is 17.9. The van der Waals surface area contributed by atoms with Crippen molar-refractivity contribution < 1.29 is 30.0 Å². The number of nitrogens with zero attached hydrogens (tertiary/aromatic N) is 18. The predicted octanol–water partition coefficient (Wildman–Crippen LogP) is 12.8. The topological polar surface area (TPSA) is 491 Å². The number of nitriles is 3. The van der Waals surface area contributed by atoms with Crippen LogP contribution in [-0.4, -0.2) is 122 Å². The number of hydrogen-bond donors (Lipinski definition) is 11.